The predicted molar refractivity (Wildman–Crippen MR) is 108 cm³/mol. The first-order valence-corrected chi connectivity index (χ1v) is 9.31. The Hall–Kier alpha value is -2.98. The zero-order chi connectivity index (χ0) is 20.0. The highest BCUT2D eigenvalue weighted by Gasteiger charge is 2.31. The maximum atomic E-state index is 13.8. The molecule has 0 fully saturated rings. The minimum Gasteiger partial charge on any atom is -0.481 e. The molecule has 0 saturated heterocycles. The van der Waals surface area contributed by atoms with Crippen LogP contribution in [0.25, 0.3) is 0 Å². The van der Waals surface area contributed by atoms with Crippen LogP contribution in [0, 0.1) is 5.82 Å². The molecule has 0 heterocycles. The number of aliphatic carboxylic acids is 1. The van der Waals surface area contributed by atoms with Gasteiger partial charge in [-0.15, -0.1) is 0 Å². The Morgan fingerprint density at radius 2 is 1.64 bits per heavy atom. The summed E-state index contributed by atoms with van der Waals surface area (Å²) in [6.45, 7) is 2.06. The molecule has 4 heteroatoms. The molecule has 28 heavy (non-hydrogen) atoms. The number of rotatable bonds is 8. The van der Waals surface area contributed by atoms with E-state index in [-0.39, 0.29) is 12.2 Å². The Balaban J connectivity index is 1.99. The molecule has 144 valence electrons. The topological polar surface area (TPSA) is 49.3 Å². The Bertz CT molecular complexity index is 914. The molecule has 0 spiro atoms. The van der Waals surface area contributed by atoms with E-state index < -0.39 is 17.6 Å². The molecular formula is C24H24FNO2. The van der Waals surface area contributed by atoms with E-state index in [1.165, 1.54) is 12.1 Å². The highest BCUT2D eigenvalue weighted by atomic mass is 19.1. The van der Waals surface area contributed by atoms with Gasteiger partial charge in [0.2, 0.25) is 0 Å². The van der Waals surface area contributed by atoms with Gasteiger partial charge in [0.25, 0.3) is 0 Å². The van der Waals surface area contributed by atoms with Crippen LogP contribution in [0.1, 0.15) is 36.1 Å². The van der Waals surface area contributed by atoms with Crippen molar-refractivity contribution in [1.29, 1.82) is 0 Å². The lowest BCUT2D eigenvalue weighted by atomic mass is 9.84. The summed E-state index contributed by atoms with van der Waals surface area (Å²) < 4.78 is 13.8. The van der Waals surface area contributed by atoms with E-state index in [1.54, 1.807) is 12.1 Å². The predicted octanol–water partition coefficient (Wildman–Crippen LogP) is 5.09. The molecule has 2 N–H and O–H groups in total. The van der Waals surface area contributed by atoms with Crippen molar-refractivity contribution in [3.63, 3.8) is 0 Å². The molecule has 3 aromatic rings. The number of benzene rings is 3. The fourth-order valence-electron chi connectivity index (χ4n) is 3.58. The number of hydrogen-bond donors (Lipinski definition) is 2. The highest BCUT2D eigenvalue weighted by Crippen LogP contribution is 2.31. The standard InChI is InChI=1S/C24H24FNO2/c1-24(20-12-6-3-7-13-20,17-18-9-4-2-5-10-18)26-22(16-23(27)28)19-11-8-14-21(25)15-19/h2-15,22,26H,16-17H2,1H3,(H,27,28)/t22?,24-/m0/s1. The normalized spacial score (nSPS) is 14.2. The molecular weight excluding hydrogens is 353 g/mol. The minimum absolute atomic E-state index is 0.138. The van der Waals surface area contributed by atoms with Crippen LogP contribution in [0.4, 0.5) is 4.39 Å². The monoisotopic (exact) mass is 377 g/mol. The summed E-state index contributed by atoms with van der Waals surface area (Å²) in [6.07, 6.45) is 0.532. The lowest BCUT2D eigenvalue weighted by molar-refractivity contribution is -0.137. The summed E-state index contributed by atoms with van der Waals surface area (Å²) in [5.41, 5.74) is 2.27. The summed E-state index contributed by atoms with van der Waals surface area (Å²) in [7, 11) is 0. The Morgan fingerprint density at radius 1 is 1.00 bits per heavy atom. The third-order valence-corrected chi connectivity index (χ3v) is 4.93. The van der Waals surface area contributed by atoms with Crippen molar-refractivity contribution in [3.8, 4) is 0 Å². The van der Waals surface area contributed by atoms with Crippen molar-refractivity contribution in [1.82, 2.24) is 5.32 Å². The molecule has 3 nitrogen and oxygen atoms in total. The smallest absolute Gasteiger partial charge is 0.305 e. The Kier molecular flexibility index (Phi) is 6.22. The molecule has 3 aromatic carbocycles. The van der Waals surface area contributed by atoms with Gasteiger partial charge in [-0.05, 0) is 42.2 Å². The van der Waals surface area contributed by atoms with Crippen LogP contribution in [-0.4, -0.2) is 11.1 Å². The number of carboxylic acids is 1. The zero-order valence-corrected chi connectivity index (χ0v) is 15.8. The SMILES string of the molecule is C[C@@](Cc1ccccc1)(NC(CC(=O)O)c1cccc(F)c1)c1ccccc1. The van der Waals surface area contributed by atoms with Gasteiger partial charge in [0.1, 0.15) is 5.82 Å². The summed E-state index contributed by atoms with van der Waals surface area (Å²) in [6, 6.07) is 25.6. The van der Waals surface area contributed by atoms with Crippen LogP contribution in [0.3, 0.4) is 0 Å². The second-order valence-corrected chi connectivity index (χ2v) is 7.21. The zero-order valence-electron chi connectivity index (χ0n) is 15.8. The maximum Gasteiger partial charge on any atom is 0.305 e. The third-order valence-electron chi connectivity index (χ3n) is 4.93. The van der Waals surface area contributed by atoms with Crippen molar-refractivity contribution in [3.05, 3.63) is 107 Å². The number of nitrogens with one attached hydrogen (secondary N) is 1. The molecule has 0 amide bonds. The molecule has 0 bridgehead atoms. The number of carbonyl (C=O) groups is 1. The van der Waals surface area contributed by atoms with E-state index >= 15 is 0 Å². The van der Waals surface area contributed by atoms with Gasteiger partial charge in [-0.3, -0.25) is 10.1 Å². The minimum atomic E-state index is -0.933. The summed E-state index contributed by atoms with van der Waals surface area (Å²) in [5, 5.41) is 13.0. The summed E-state index contributed by atoms with van der Waals surface area (Å²) in [5.74, 6) is -1.31. The third kappa shape index (κ3) is 5.05. The molecule has 0 aliphatic heterocycles. The van der Waals surface area contributed by atoms with E-state index in [1.807, 2.05) is 48.5 Å². The molecule has 0 radical (unpaired) electrons. The lowest BCUT2D eigenvalue weighted by Gasteiger charge is -2.36. The van der Waals surface area contributed by atoms with Crippen LogP contribution in [-0.2, 0) is 16.8 Å². The van der Waals surface area contributed by atoms with Crippen molar-refractivity contribution in [2.75, 3.05) is 0 Å². The van der Waals surface area contributed by atoms with Crippen molar-refractivity contribution < 1.29 is 14.3 Å². The lowest BCUT2D eigenvalue weighted by Crippen LogP contribution is -2.44. The van der Waals surface area contributed by atoms with Gasteiger partial charge < -0.3 is 5.11 Å². The largest absolute Gasteiger partial charge is 0.481 e. The van der Waals surface area contributed by atoms with Gasteiger partial charge in [-0.25, -0.2) is 4.39 Å². The van der Waals surface area contributed by atoms with Crippen LogP contribution < -0.4 is 5.32 Å². The van der Waals surface area contributed by atoms with Crippen molar-refractivity contribution in [2.24, 2.45) is 0 Å². The first-order chi connectivity index (χ1) is 13.5. The van der Waals surface area contributed by atoms with Gasteiger partial charge in [0.05, 0.1) is 6.42 Å². The summed E-state index contributed by atoms with van der Waals surface area (Å²) >= 11 is 0. The van der Waals surface area contributed by atoms with Crippen LogP contribution >= 0.6 is 0 Å². The number of carboxylic acid groups (broad SMARTS) is 1. The van der Waals surface area contributed by atoms with E-state index in [2.05, 4.69) is 24.4 Å². The van der Waals surface area contributed by atoms with Gasteiger partial charge in [0.15, 0.2) is 0 Å². The van der Waals surface area contributed by atoms with Gasteiger partial charge in [0, 0.05) is 11.6 Å². The van der Waals surface area contributed by atoms with E-state index in [0.29, 0.717) is 12.0 Å². The number of halogens is 1. The molecule has 0 aromatic heterocycles. The average molecular weight is 377 g/mol. The van der Waals surface area contributed by atoms with Crippen LogP contribution in [0.15, 0.2) is 84.9 Å². The maximum absolute atomic E-state index is 13.8. The Morgan fingerprint density at radius 3 is 2.25 bits per heavy atom. The quantitative estimate of drug-likeness (QED) is 0.575. The molecule has 2 atom stereocenters. The van der Waals surface area contributed by atoms with E-state index in [4.69, 9.17) is 0 Å². The van der Waals surface area contributed by atoms with Crippen LogP contribution in [0.5, 0.6) is 0 Å². The summed E-state index contributed by atoms with van der Waals surface area (Å²) in [4.78, 5) is 11.5. The fraction of sp³-hybridized carbons (Fsp3) is 0.208. The van der Waals surface area contributed by atoms with E-state index in [9.17, 15) is 14.3 Å². The van der Waals surface area contributed by atoms with Gasteiger partial charge in [-0.1, -0.05) is 72.8 Å². The van der Waals surface area contributed by atoms with Crippen molar-refractivity contribution >= 4 is 5.97 Å². The average Bonchev–Trinajstić information content (AvgIpc) is 2.68. The highest BCUT2D eigenvalue weighted by molar-refractivity contribution is 5.68. The van der Waals surface area contributed by atoms with Gasteiger partial charge >= 0.3 is 5.97 Å². The van der Waals surface area contributed by atoms with Crippen molar-refractivity contribution in [2.45, 2.75) is 31.3 Å². The molecule has 3 rings (SSSR count). The fourth-order valence-corrected chi connectivity index (χ4v) is 3.58. The Labute approximate surface area is 164 Å². The van der Waals surface area contributed by atoms with Crippen LogP contribution in [0.2, 0.25) is 0 Å². The van der Waals surface area contributed by atoms with Gasteiger partial charge in [-0.2, -0.15) is 0 Å². The second-order valence-electron chi connectivity index (χ2n) is 7.21. The molecule has 0 saturated carbocycles. The first-order valence-electron chi connectivity index (χ1n) is 9.31. The van der Waals surface area contributed by atoms with E-state index in [0.717, 1.165) is 11.1 Å². The molecule has 0 aliphatic rings. The molecule has 1 unspecified atom stereocenters. The molecule has 0 aliphatic carbocycles. The number of hydrogen-bond acceptors (Lipinski definition) is 2. The second kappa shape index (κ2) is 8.81. The first kappa shape index (κ1) is 19.8.